The number of benzene rings is 1. The molecule has 17 heavy (non-hydrogen) atoms. The molecule has 0 aliphatic carbocycles. The molecule has 1 aromatic carbocycles. The number of hydrogen-bond acceptors (Lipinski definition) is 2. The molecular formula is C13H21ClN2O. The molecule has 0 fully saturated rings. The lowest BCUT2D eigenvalue weighted by atomic mass is 10.0. The van der Waals surface area contributed by atoms with E-state index in [2.05, 4.69) is 12.2 Å². The van der Waals surface area contributed by atoms with Crippen LogP contribution in [-0.4, -0.2) is 11.9 Å². The summed E-state index contributed by atoms with van der Waals surface area (Å²) < 4.78 is 0. The van der Waals surface area contributed by atoms with Crippen molar-refractivity contribution in [1.82, 2.24) is 0 Å². The van der Waals surface area contributed by atoms with Gasteiger partial charge in [-0.05, 0) is 31.0 Å². The number of rotatable bonds is 4. The third-order valence-corrected chi connectivity index (χ3v) is 2.83. The van der Waals surface area contributed by atoms with Crippen LogP contribution < -0.4 is 11.1 Å². The Hall–Kier alpha value is -1.06. The van der Waals surface area contributed by atoms with E-state index in [0.717, 1.165) is 12.1 Å². The van der Waals surface area contributed by atoms with Crippen molar-refractivity contribution < 1.29 is 4.79 Å². The van der Waals surface area contributed by atoms with Crippen molar-refractivity contribution in [2.75, 3.05) is 5.32 Å². The zero-order valence-electron chi connectivity index (χ0n) is 10.6. The Labute approximate surface area is 109 Å². The molecule has 2 unspecified atom stereocenters. The van der Waals surface area contributed by atoms with Crippen LogP contribution in [0.3, 0.4) is 0 Å². The topological polar surface area (TPSA) is 55.1 Å². The maximum absolute atomic E-state index is 11.7. The van der Waals surface area contributed by atoms with Gasteiger partial charge in [0.05, 0.1) is 5.92 Å². The minimum absolute atomic E-state index is 0. The molecule has 0 aromatic heterocycles. The van der Waals surface area contributed by atoms with E-state index in [0.29, 0.717) is 0 Å². The smallest absolute Gasteiger partial charge is 0.228 e. The zero-order chi connectivity index (χ0) is 12.1. The molecule has 0 radical (unpaired) electrons. The summed E-state index contributed by atoms with van der Waals surface area (Å²) >= 11 is 0. The molecule has 0 saturated heterocycles. The normalized spacial score (nSPS) is 13.4. The van der Waals surface area contributed by atoms with Gasteiger partial charge in [0, 0.05) is 11.7 Å². The summed E-state index contributed by atoms with van der Waals surface area (Å²) in [6, 6.07) is 7.75. The number of nitrogens with two attached hydrogens (primary N) is 1. The maximum atomic E-state index is 11.7. The third kappa shape index (κ3) is 4.75. The van der Waals surface area contributed by atoms with E-state index in [1.807, 2.05) is 38.1 Å². The van der Waals surface area contributed by atoms with E-state index in [-0.39, 0.29) is 30.3 Å². The van der Waals surface area contributed by atoms with E-state index in [4.69, 9.17) is 5.73 Å². The van der Waals surface area contributed by atoms with Crippen molar-refractivity contribution in [2.24, 2.45) is 11.7 Å². The number of carbonyl (C=O) groups excluding carboxylic acids is 1. The molecule has 96 valence electrons. The fourth-order valence-electron chi connectivity index (χ4n) is 1.32. The quantitative estimate of drug-likeness (QED) is 0.870. The molecule has 0 heterocycles. The highest BCUT2D eigenvalue weighted by molar-refractivity contribution is 5.92. The largest absolute Gasteiger partial charge is 0.327 e. The second kappa shape index (κ2) is 7.30. The summed E-state index contributed by atoms with van der Waals surface area (Å²) in [4.78, 5) is 11.7. The predicted molar refractivity (Wildman–Crippen MR) is 74.5 cm³/mol. The fraction of sp³-hybridized carbons (Fsp3) is 0.462. The fourth-order valence-corrected chi connectivity index (χ4v) is 1.32. The highest BCUT2D eigenvalue weighted by atomic mass is 35.5. The number of anilines is 1. The SMILES string of the molecule is CCc1ccc(NC(=O)C(C)C(C)N)cc1.Cl. The molecule has 3 nitrogen and oxygen atoms in total. The summed E-state index contributed by atoms with van der Waals surface area (Å²) in [5.74, 6) is -0.204. The highest BCUT2D eigenvalue weighted by Gasteiger charge is 2.16. The van der Waals surface area contributed by atoms with Crippen molar-refractivity contribution >= 4 is 24.0 Å². The number of aryl methyl sites for hydroxylation is 1. The average Bonchev–Trinajstić information content (AvgIpc) is 2.28. The molecule has 1 rings (SSSR count). The molecule has 4 heteroatoms. The molecule has 0 saturated carbocycles. The first kappa shape index (κ1) is 15.9. The molecule has 0 aliphatic rings. The Balaban J connectivity index is 0.00000256. The minimum Gasteiger partial charge on any atom is -0.327 e. The van der Waals surface area contributed by atoms with Crippen LogP contribution in [0, 0.1) is 5.92 Å². The van der Waals surface area contributed by atoms with Gasteiger partial charge in [0.15, 0.2) is 0 Å². The van der Waals surface area contributed by atoms with E-state index >= 15 is 0 Å². The second-order valence-corrected chi connectivity index (χ2v) is 4.19. The summed E-state index contributed by atoms with van der Waals surface area (Å²) in [5, 5.41) is 2.86. The zero-order valence-corrected chi connectivity index (χ0v) is 11.4. The van der Waals surface area contributed by atoms with Gasteiger partial charge >= 0.3 is 0 Å². The molecule has 0 bridgehead atoms. The van der Waals surface area contributed by atoms with Crippen LogP contribution in [0.2, 0.25) is 0 Å². The number of amides is 1. The van der Waals surface area contributed by atoms with Crippen molar-refractivity contribution in [3.63, 3.8) is 0 Å². The Morgan fingerprint density at radius 2 is 1.82 bits per heavy atom. The second-order valence-electron chi connectivity index (χ2n) is 4.19. The van der Waals surface area contributed by atoms with Gasteiger partial charge in [-0.25, -0.2) is 0 Å². The van der Waals surface area contributed by atoms with Crippen LogP contribution in [0.25, 0.3) is 0 Å². The average molecular weight is 257 g/mol. The van der Waals surface area contributed by atoms with Gasteiger partial charge in [-0.1, -0.05) is 26.0 Å². The maximum Gasteiger partial charge on any atom is 0.228 e. The standard InChI is InChI=1S/C13H20N2O.ClH/c1-4-11-5-7-12(8-6-11)15-13(16)9(2)10(3)14;/h5-10H,4,14H2,1-3H3,(H,15,16);1H. The summed E-state index contributed by atoms with van der Waals surface area (Å²) in [7, 11) is 0. The molecule has 0 aliphatic heterocycles. The van der Waals surface area contributed by atoms with E-state index in [9.17, 15) is 4.79 Å². The van der Waals surface area contributed by atoms with Crippen molar-refractivity contribution in [3.05, 3.63) is 29.8 Å². The number of nitrogens with one attached hydrogen (secondary N) is 1. The Kier molecular flexibility index (Phi) is 6.85. The van der Waals surface area contributed by atoms with Crippen molar-refractivity contribution in [2.45, 2.75) is 33.2 Å². The lowest BCUT2D eigenvalue weighted by molar-refractivity contribution is -0.119. The first-order valence-corrected chi connectivity index (χ1v) is 5.70. The van der Waals surface area contributed by atoms with Crippen LogP contribution in [0.1, 0.15) is 26.3 Å². The van der Waals surface area contributed by atoms with Gasteiger partial charge in [0.1, 0.15) is 0 Å². The van der Waals surface area contributed by atoms with Gasteiger partial charge in [-0.15, -0.1) is 12.4 Å². The molecular weight excluding hydrogens is 236 g/mol. The lowest BCUT2D eigenvalue weighted by Gasteiger charge is -2.15. The van der Waals surface area contributed by atoms with Gasteiger partial charge in [0.2, 0.25) is 5.91 Å². The van der Waals surface area contributed by atoms with Crippen LogP contribution in [0.5, 0.6) is 0 Å². The van der Waals surface area contributed by atoms with Crippen LogP contribution in [-0.2, 0) is 11.2 Å². The minimum atomic E-state index is -0.175. The van der Waals surface area contributed by atoms with E-state index < -0.39 is 0 Å². The Bertz CT molecular complexity index is 349. The third-order valence-electron chi connectivity index (χ3n) is 2.83. The molecule has 1 amide bonds. The van der Waals surface area contributed by atoms with Crippen molar-refractivity contribution in [3.8, 4) is 0 Å². The first-order valence-electron chi connectivity index (χ1n) is 5.70. The van der Waals surface area contributed by atoms with Crippen LogP contribution >= 0.6 is 12.4 Å². The van der Waals surface area contributed by atoms with Gasteiger partial charge < -0.3 is 11.1 Å². The molecule has 0 spiro atoms. The van der Waals surface area contributed by atoms with Gasteiger partial charge in [0.25, 0.3) is 0 Å². The van der Waals surface area contributed by atoms with E-state index in [1.54, 1.807) is 0 Å². The monoisotopic (exact) mass is 256 g/mol. The highest BCUT2D eigenvalue weighted by Crippen LogP contribution is 2.12. The van der Waals surface area contributed by atoms with Gasteiger partial charge in [-0.3, -0.25) is 4.79 Å². The van der Waals surface area contributed by atoms with Gasteiger partial charge in [-0.2, -0.15) is 0 Å². The summed E-state index contributed by atoms with van der Waals surface area (Å²) in [5.41, 5.74) is 7.77. The lowest BCUT2D eigenvalue weighted by Crippen LogP contribution is -2.34. The molecule has 3 N–H and O–H groups in total. The van der Waals surface area contributed by atoms with E-state index in [1.165, 1.54) is 5.56 Å². The van der Waals surface area contributed by atoms with Crippen LogP contribution in [0.15, 0.2) is 24.3 Å². The summed E-state index contributed by atoms with van der Waals surface area (Å²) in [6.45, 7) is 5.77. The molecule has 1 aromatic rings. The Morgan fingerprint density at radius 3 is 2.24 bits per heavy atom. The molecule has 2 atom stereocenters. The van der Waals surface area contributed by atoms with Crippen molar-refractivity contribution in [1.29, 1.82) is 0 Å². The predicted octanol–water partition coefficient (Wildman–Crippen LogP) is 2.59. The number of hydrogen-bond donors (Lipinski definition) is 2. The number of halogens is 1. The first-order chi connectivity index (χ1) is 7.54. The number of carbonyl (C=O) groups is 1. The Morgan fingerprint density at radius 1 is 1.29 bits per heavy atom. The summed E-state index contributed by atoms with van der Waals surface area (Å²) in [6.07, 6.45) is 1.00. The van der Waals surface area contributed by atoms with Crippen LogP contribution in [0.4, 0.5) is 5.69 Å².